The number of nitrogens with one attached hydrogen (secondary N) is 1. The smallest absolute Gasteiger partial charge is 0.415 e. The van der Waals surface area contributed by atoms with E-state index in [1.807, 2.05) is 50.3 Å². The van der Waals surface area contributed by atoms with Crippen molar-refractivity contribution >= 4 is 36.9 Å². The number of aromatic nitrogens is 5. The number of fused-ring (bicyclic) bond motifs is 3. The minimum absolute atomic E-state index is 0.00986. The van der Waals surface area contributed by atoms with Gasteiger partial charge in [0.1, 0.15) is 11.0 Å². The number of aliphatic hydroxyl groups is 1. The van der Waals surface area contributed by atoms with Crippen LogP contribution in [0.3, 0.4) is 0 Å². The first kappa shape index (κ1) is 41.3. The highest BCUT2D eigenvalue weighted by Crippen LogP contribution is 2.39. The van der Waals surface area contributed by atoms with Crippen molar-refractivity contribution < 1.29 is 27.5 Å². The molecule has 4 heterocycles. The summed E-state index contributed by atoms with van der Waals surface area (Å²) in [5, 5.41) is 14.8. The summed E-state index contributed by atoms with van der Waals surface area (Å²) in [4.78, 5) is 42.9. The van der Waals surface area contributed by atoms with Crippen LogP contribution in [0.5, 0.6) is 0 Å². The topological polar surface area (TPSA) is 131 Å². The molecule has 12 nitrogen and oxygen atoms in total. The fourth-order valence-corrected chi connectivity index (χ4v) is 8.26. The molecule has 56 heavy (non-hydrogen) atoms. The zero-order chi connectivity index (χ0) is 40.6. The Kier molecular flexibility index (Phi) is 11.7. The lowest BCUT2D eigenvalue weighted by Crippen LogP contribution is -2.47. The molecule has 0 fully saturated rings. The minimum atomic E-state index is -4.94. The number of pyridine rings is 1. The van der Waals surface area contributed by atoms with Gasteiger partial charge in [0.2, 0.25) is 5.95 Å². The average Bonchev–Trinajstić information content (AvgIpc) is 3.62. The molecule has 1 amide bonds. The van der Waals surface area contributed by atoms with E-state index in [1.165, 1.54) is 10.9 Å². The van der Waals surface area contributed by atoms with Gasteiger partial charge in [-0.2, -0.15) is 18.2 Å². The lowest BCUT2D eigenvalue weighted by atomic mass is 9.98. The van der Waals surface area contributed by atoms with Crippen molar-refractivity contribution in [1.82, 2.24) is 34.1 Å². The molecule has 2 N–H and O–H groups in total. The molecule has 3 aromatic heterocycles. The van der Waals surface area contributed by atoms with E-state index in [0.29, 0.717) is 67.4 Å². The second-order valence-electron chi connectivity index (χ2n) is 16.4. The van der Waals surface area contributed by atoms with E-state index < -0.39 is 26.0 Å². The molecular weight excluding hydrogens is 742 g/mol. The number of carbonyl (C=O) groups is 1. The van der Waals surface area contributed by atoms with Crippen molar-refractivity contribution in [3.8, 4) is 5.82 Å². The molecule has 0 radical (unpaired) electrons. The number of hydrogen-bond acceptors (Lipinski definition) is 9. The maximum atomic E-state index is 13.5. The van der Waals surface area contributed by atoms with E-state index in [-0.39, 0.29) is 36.8 Å². The number of carbonyl (C=O) groups excluding carboxylic acids is 1. The number of alkyl halides is 3. The number of rotatable bonds is 14. The third-order valence-electron chi connectivity index (χ3n) is 11.6. The number of amides is 1. The molecular formula is C40H53F3N8O4Si. The van der Waals surface area contributed by atoms with Crippen LogP contribution in [0.25, 0.3) is 16.9 Å². The molecule has 0 saturated heterocycles. The van der Waals surface area contributed by atoms with E-state index in [9.17, 15) is 27.9 Å². The van der Waals surface area contributed by atoms with Gasteiger partial charge in [0, 0.05) is 44.6 Å². The Morgan fingerprint density at radius 3 is 2.55 bits per heavy atom. The Hall–Kier alpha value is -4.38. The van der Waals surface area contributed by atoms with Crippen molar-refractivity contribution in [1.29, 1.82) is 0 Å². The Morgan fingerprint density at radius 1 is 1.11 bits per heavy atom. The number of anilines is 2. The molecule has 4 aromatic rings. The van der Waals surface area contributed by atoms with Crippen LogP contribution in [0.15, 0.2) is 54.0 Å². The highest BCUT2D eigenvalue weighted by atomic mass is 28.4. The molecule has 0 unspecified atom stereocenters. The second kappa shape index (κ2) is 15.9. The summed E-state index contributed by atoms with van der Waals surface area (Å²) in [7, 11) is -2.17. The zero-order valence-electron chi connectivity index (χ0n) is 33.2. The molecule has 16 heteroatoms. The molecule has 0 spiro atoms. The Morgan fingerprint density at radius 2 is 1.86 bits per heavy atom. The first-order chi connectivity index (χ1) is 26.3. The molecule has 1 aliphatic carbocycles. The molecule has 1 aromatic carbocycles. The molecule has 0 saturated carbocycles. The summed E-state index contributed by atoms with van der Waals surface area (Å²) >= 11 is 0. The average molecular weight is 795 g/mol. The lowest BCUT2D eigenvalue weighted by molar-refractivity contribution is -0.185. The maximum absolute atomic E-state index is 13.5. The summed E-state index contributed by atoms with van der Waals surface area (Å²) in [6.45, 7) is 18.1. The van der Waals surface area contributed by atoms with E-state index in [0.717, 1.165) is 40.1 Å². The largest absolute Gasteiger partial charge is 0.471 e. The molecule has 6 rings (SSSR count). The molecule has 1 atom stereocenters. The molecule has 0 bridgehead atoms. The van der Waals surface area contributed by atoms with E-state index in [1.54, 1.807) is 10.8 Å². The van der Waals surface area contributed by atoms with Crippen molar-refractivity contribution in [2.24, 2.45) is 0 Å². The summed E-state index contributed by atoms with van der Waals surface area (Å²) in [6.07, 6.45) is 1.17. The van der Waals surface area contributed by atoms with Crippen molar-refractivity contribution in [2.75, 3.05) is 38.1 Å². The third-order valence-corrected chi connectivity index (χ3v) is 16.1. The monoisotopic (exact) mass is 794 g/mol. The van der Waals surface area contributed by atoms with E-state index in [2.05, 4.69) is 42.6 Å². The van der Waals surface area contributed by atoms with Crippen molar-refractivity contribution in [3.05, 3.63) is 81.9 Å². The fourth-order valence-electron chi connectivity index (χ4n) is 7.23. The Labute approximate surface area is 326 Å². The molecule has 2 aliphatic rings. The van der Waals surface area contributed by atoms with Crippen LogP contribution in [0.4, 0.5) is 24.8 Å². The number of hydrogen-bond donors (Lipinski definition) is 2. The fraction of sp³-hybridized carbons (Fsp3) is 0.525. The zero-order valence-corrected chi connectivity index (χ0v) is 34.2. The van der Waals surface area contributed by atoms with Crippen LogP contribution in [0.2, 0.25) is 18.1 Å². The van der Waals surface area contributed by atoms with Gasteiger partial charge in [-0.15, -0.1) is 6.58 Å². The minimum Gasteiger partial charge on any atom is -0.415 e. The predicted molar refractivity (Wildman–Crippen MR) is 213 cm³/mol. The van der Waals surface area contributed by atoms with Gasteiger partial charge in [-0.1, -0.05) is 45.9 Å². The van der Waals surface area contributed by atoms with Crippen LogP contribution in [0.1, 0.15) is 69.3 Å². The SMILES string of the molecule is C=CCn1c(=O)c2cnc(Nc3ccc4c(c3)CCN(CCCN(CCO[Si](C)(C)C(C)(C)C)C(=O)C(F)(F)F)C4)nc2n1-c1ccc2c(n1)[C@@](O)(CC)CC2. The van der Waals surface area contributed by atoms with Crippen LogP contribution < -0.4 is 10.9 Å². The third kappa shape index (κ3) is 8.48. The van der Waals surface area contributed by atoms with Gasteiger partial charge in [0.25, 0.3) is 5.56 Å². The van der Waals surface area contributed by atoms with Crippen LogP contribution >= 0.6 is 0 Å². The quantitative estimate of drug-likeness (QED) is 0.107. The number of nitrogens with zero attached hydrogens (tertiary/aromatic N) is 7. The highest BCUT2D eigenvalue weighted by molar-refractivity contribution is 6.74. The second-order valence-corrected chi connectivity index (χ2v) is 21.2. The van der Waals surface area contributed by atoms with Gasteiger partial charge >= 0.3 is 12.1 Å². The first-order valence-electron chi connectivity index (χ1n) is 19.3. The Bertz CT molecular complexity index is 2160. The van der Waals surface area contributed by atoms with Gasteiger partial charge in [-0.25, -0.2) is 19.3 Å². The van der Waals surface area contributed by atoms with Gasteiger partial charge in [-0.05, 0) is 85.1 Å². The summed E-state index contributed by atoms with van der Waals surface area (Å²) in [5.41, 5.74) is 3.67. The van der Waals surface area contributed by atoms with Crippen LogP contribution in [0, 0.1) is 0 Å². The number of allylic oxidation sites excluding steroid dienone is 1. The lowest BCUT2D eigenvalue weighted by Gasteiger charge is -2.37. The van der Waals surface area contributed by atoms with Crippen molar-refractivity contribution in [3.63, 3.8) is 0 Å². The van der Waals surface area contributed by atoms with Gasteiger partial charge < -0.3 is 19.7 Å². The number of benzene rings is 1. The summed E-state index contributed by atoms with van der Waals surface area (Å²) < 4.78 is 49.6. The number of halogens is 3. The summed E-state index contributed by atoms with van der Waals surface area (Å²) in [6, 6.07) is 9.76. The molecule has 302 valence electrons. The normalized spacial score (nSPS) is 17.5. The Balaban J connectivity index is 1.13. The van der Waals surface area contributed by atoms with E-state index in [4.69, 9.17) is 14.4 Å². The van der Waals surface area contributed by atoms with Crippen LogP contribution in [-0.4, -0.2) is 92.4 Å². The van der Waals surface area contributed by atoms with Gasteiger partial charge in [-0.3, -0.25) is 14.5 Å². The maximum Gasteiger partial charge on any atom is 0.471 e. The van der Waals surface area contributed by atoms with Crippen LogP contribution in [-0.2, 0) is 40.8 Å². The van der Waals surface area contributed by atoms with Crippen molar-refractivity contribution in [2.45, 2.75) is 103 Å². The standard InChI is InChI=1S/C40H53F3N8O4Si/c1-8-18-50-35(52)31-25-44-37(47-34(31)51(50)32-14-12-27-15-17-39(54,9-2)33(27)46-32)45-30-13-11-29-26-48(21-16-28(29)24-30)19-10-20-49(36(53)40(41,42)43)22-23-55-56(6,7)38(3,4)5/h8,11-14,24-25,54H,1,9-10,15-23,26H2,2-7H3,(H,44,45,47)/t39-/m1/s1. The predicted octanol–water partition coefficient (Wildman–Crippen LogP) is 6.61. The first-order valence-corrected chi connectivity index (χ1v) is 22.2. The van der Waals surface area contributed by atoms with Gasteiger partial charge in [0.05, 0.1) is 18.8 Å². The van der Waals surface area contributed by atoms with E-state index >= 15 is 0 Å². The molecule has 1 aliphatic heterocycles. The highest BCUT2D eigenvalue weighted by Gasteiger charge is 2.43. The summed E-state index contributed by atoms with van der Waals surface area (Å²) in [5.74, 6) is -1.08. The number of aryl methyl sites for hydroxylation is 1. The van der Waals surface area contributed by atoms with Gasteiger partial charge in [0.15, 0.2) is 19.8 Å².